The molecule has 0 radical (unpaired) electrons. The molecule has 1 unspecified atom stereocenters. The number of fused-ring (bicyclic) bond motifs is 3. The van der Waals surface area contributed by atoms with Gasteiger partial charge in [0.25, 0.3) is 5.56 Å². The number of benzene rings is 1. The summed E-state index contributed by atoms with van der Waals surface area (Å²) in [6.45, 7) is 2.33. The highest BCUT2D eigenvalue weighted by Gasteiger charge is 2.26. The smallest absolute Gasteiger partial charge is 0.268 e. The number of rotatable bonds is 4. The monoisotopic (exact) mass is 405 g/mol. The predicted molar refractivity (Wildman–Crippen MR) is 110 cm³/mol. The second-order valence-corrected chi connectivity index (χ2v) is 8.51. The van der Waals surface area contributed by atoms with Crippen LogP contribution in [0.3, 0.4) is 0 Å². The molecule has 0 spiro atoms. The molecule has 0 aliphatic carbocycles. The van der Waals surface area contributed by atoms with Crippen LogP contribution in [0.5, 0.6) is 0 Å². The second kappa shape index (κ2) is 7.24. The molecule has 0 bridgehead atoms. The molecule has 2 aromatic heterocycles. The summed E-state index contributed by atoms with van der Waals surface area (Å²) in [4.78, 5) is 23.7. The SMILES string of the molecule is CN(CCO)c1nc2sc3c(c2c(=O)n1-c1ccc(Cl)cc1)CC[NH+](C)C3. The van der Waals surface area contributed by atoms with Gasteiger partial charge in [-0.3, -0.25) is 4.79 Å². The normalized spacial score (nSPS) is 16.5. The highest BCUT2D eigenvalue weighted by molar-refractivity contribution is 7.18. The van der Waals surface area contributed by atoms with Crippen molar-refractivity contribution >= 4 is 39.1 Å². The molecule has 1 aliphatic heterocycles. The van der Waals surface area contributed by atoms with Gasteiger partial charge in [0.15, 0.2) is 0 Å². The summed E-state index contributed by atoms with van der Waals surface area (Å²) < 4.78 is 1.63. The van der Waals surface area contributed by atoms with Crippen LogP contribution >= 0.6 is 22.9 Å². The Labute approximate surface area is 166 Å². The number of aliphatic hydroxyl groups excluding tert-OH is 1. The molecule has 1 aromatic carbocycles. The highest BCUT2D eigenvalue weighted by Crippen LogP contribution is 2.31. The number of nitrogens with one attached hydrogen (secondary N) is 1. The summed E-state index contributed by atoms with van der Waals surface area (Å²) in [5.74, 6) is 0.531. The largest absolute Gasteiger partial charge is 0.395 e. The van der Waals surface area contributed by atoms with Crippen molar-refractivity contribution in [2.75, 3.05) is 38.7 Å². The standard InChI is InChI=1S/C19H21ClN4O2S/c1-22-8-7-14-15(11-22)27-17-16(14)18(26)24(13-5-3-12(20)4-6-13)19(21-17)23(2)9-10-25/h3-6,25H,7-11H2,1-2H3/p+1. The Hall–Kier alpha value is -1.93. The van der Waals surface area contributed by atoms with Crippen LogP contribution in [0.1, 0.15) is 10.4 Å². The van der Waals surface area contributed by atoms with Gasteiger partial charge >= 0.3 is 0 Å². The van der Waals surface area contributed by atoms with Crippen molar-refractivity contribution in [1.29, 1.82) is 0 Å². The Balaban J connectivity index is 2.00. The van der Waals surface area contributed by atoms with E-state index in [1.54, 1.807) is 28.0 Å². The quantitative estimate of drug-likeness (QED) is 0.682. The molecule has 0 saturated carbocycles. The predicted octanol–water partition coefficient (Wildman–Crippen LogP) is 1.10. The van der Waals surface area contributed by atoms with Gasteiger partial charge in [-0.2, -0.15) is 0 Å². The fraction of sp³-hybridized carbons (Fsp3) is 0.368. The van der Waals surface area contributed by atoms with Crippen LogP contribution < -0.4 is 15.4 Å². The lowest BCUT2D eigenvalue weighted by molar-refractivity contribution is -0.895. The molecule has 3 aromatic rings. The molecule has 1 atom stereocenters. The lowest BCUT2D eigenvalue weighted by Gasteiger charge is -2.22. The number of likely N-dealkylation sites (N-methyl/N-ethyl adjacent to an activating group) is 2. The second-order valence-electron chi connectivity index (χ2n) is 6.99. The third kappa shape index (κ3) is 3.25. The van der Waals surface area contributed by atoms with E-state index in [1.807, 2.05) is 24.1 Å². The summed E-state index contributed by atoms with van der Waals surface area (Å²) in [7, 11) is 4.01. The zero-order valence-electron chi connectivity index (χ0n) is 15.3. The first-order chi connectivity index (χ1) is 13.0. The number of nitrogens with zero attached hydrogens (tertiary/aromatic N) is 3. The average molecular weight is 406 g/mol. The number of aromatic nitrogens is 2. The lowest BCUT2D eigenvalue weighted by atomic mass is 10.1. The van der Waals surface area contributed by atoms with Gasteiger partial charge < -0.3 is 14.9 Å². The number of hydrogen-bond donors (Lipinski definition) is 2. The molecule has 4 rings (SSSR count). The number of anilines is 1. The van der Waals surface area contributed by atoms with Crippen LogP contribution in [0.2, 0.25) is 5.02 Å². The fourth-order valence-electron chi connectivity index (χ4n) is 3.58. The third-order valence-electron chi connectivity index (χ3n) is 5.02. The van der Waals surface area contributed by atoms with Crippen molar-refractivity contribution in [3.63, 3.8) is 0 Å². The van der Waals surface area contributed by atoms with E-state index in [1.165, 1.54) is 9.78 Å². The van der Waals surface area contributed by atoms with Crippen molar-refractivity contribution in [3.8, 4) is 5.69 Å². The van der Waals surface area contributed by atoms with Gasteiger partial charge in [0, 0.05) is 25.0 Å². The Bertz CT molecular complexity index is 1040. The van der Waals surface area contributed by atoms with E-state index in [2.05, 4.69) is 7.05 Å². The molecule has 8 heteroatoms. The molecular weight excluding hydrogens is 384 g/mol. The Morgan fingerprint density at radius 1 is 1.37 bits per heavy atom. The van der Waals surface area contributed by atoms with Gasteiger partial charge in [-0.1, -0.05) is 11.6 Å². The summed E-state index contributed by atoms with van der Waals surface area (Å²) in [5, 5.41) is 10.7. The van der Waals surface area contributed by atoms with E-state index < -0.39 is 0 Å². The molecular formula is C19H22ClN4O2S+. The number of aliphatic hydroxyl groups is 1. The fourth-order valence-corrected chi connectivity index (χ4v) is 5.02. The maximum atomic E-state index is 13.6. The van der Waals surface area contributed by atoms with E-state index in [0.29, 0.717) is 17.5 Å². The van der Waals surface area contributed by atoms with Crippen LogP contribution in [-0.4, -0.2) is 48.4 Å². The highest BCUT2D eigenvalue weighted by atomic mass is 35.5. The molecule has 0 amide bonds. The first-order valence-electron chi connectivity index (χ1n) is 8.96. The maximum absolute atomic E-state index is 13.6. The minimum atomic E-state index is -0.0563. The van der Waals surface area contributed by atoms with Crippen molar-refractivity contribution in [2.45, 2.75) is 13.0 Å². The molecule has 3 heterocycles. The first-order valence-corrected chi connectivity index (χ1v) is 10.2. The summed E-state index contributed by atoms with van der Waals surface area (Å²) >= 11 is 7.65. The third-order valence-corrected chi connectivity index (χ3v) is 6.39. The summed E-state index contributed by atoms with van der Waals surface area (Å²) in [5.41, 5.74) is 1.81. The Morgan fingerprint density at radius 3 is 2.81 bits per heavy atom. The average Bonchev–Trinajstić information content (AvgIpc) is 3.00. The zero-order valence-corrected chi connectivity index (χ0v) is 16.9. The molecule has 2 N–H and O–H groups in total. The van der Waals surface area contributed by atoms with Crippen LogP contribution in [0.25, 0.3) is 15.9 Å². The van der Waals surface area contributed by atoms with E-state index in [-0.39, 0.29) is 12.2 Å². The maximum Gasteiger partial charge on any atom is 0.268 e. The molecule has 6 nitrogen and oxygen atoms in total. The molecule has 27 heavy (non-hydrogen) atoms. The number of thiophene rings is 1. The van der Waals surface area contributed by atoms with Crippen molar-refractivity contribution < 1.29 is 10.0 Å². The van der Waals surface area contributed by atoms with Crippen molar-refractivity contribution in [3.05, 3.63) is 50.1 Å². The molecule has 142 valence electrons. The Kier molecular flexibility index (Phi) is 4.94. The van der Waals surface area contributed by atoms with E-state index in [4.69, 9.17) is 16.6 Å². The van der Waals surface area contributed by atoms with Gasteiger partial charge in [-0.05, 0) is 29.8 Å². The van der Waals surface area contributed by atoms with Gasteiger partial charge in [-0.15, -0.1) is 11.3 Å². The van der Waals surface area contributed by atoms with E-state index in [9.17, 15) is 9.90 Å². The zero-order chi connectivity index (χ0) is 19.1. The van der Waals surface area contributed by atoms with E-state index in [0.717, 1.165) is 41.0 Å². The van der Waals surface area contributed by atoms with E-state index >= 15 is 0 Å². The number of hydrogen-bond acceptors (Lipinski definition) is 5. The van der Waals surface area contributed by atoms with Crippen molar-refractivity contribution in [1.82, 2.24) is 9.55 Å². The molecule has 0 fully saturated rings. The molecule has 1 aliphatic rings. The lowest BCUT2D eigenvalue weighted by Crippen LogP contribution is -3.08. The van der Waals surface area contributed by atoms with Gasteiger partial charge in [0.05, 0.1) is 36.2 Å². The van der Waals surface area contributed by atoms with Crippen LogP contribution in [0, 0.1) is 0 Å². The number of halogens is 1. The molecule has 0 saturated heterocycles. The summed E-state index contributed by atoms with van der Waals surface area (Å²) in [6, 6.07) is 7.18. The van der Waals surface area contributed by atoms with Crippen LogP contribution in [0.15, 0.2) is 29.1 Å². The first kappa shape index (κ1) is 18.4. The minimum Gasteiger partial charge on any atom is -0.395 e. The van der Waals surface area contributed by atoms with Crippen LogP contribution in [-0.2, 0) is 13.0 Å². The minimum absolute atomic E-state index is 0.0138. The van der Waals surface area contributed by atoms with Gasteiger partial charge in [-0.25, -0.2) is 9.55 Å². The topological polar surface area (TPSA) is 62.8 Å². The van der Waals surface area contributed by atoms with Crippen LogP contribution in [0.4, 0.5) is 5.95 Å². The van der Waals surface area contributed by atoms with Gasteiger partial charge in [0.2, 0.25) is 5.95 Å². The van der Waals surface area contributed by atoms with Crippen molar-refractivity contribution in [2.24, 2.45) is 0 Å². The number of quaternary nitrogens is 1. The Morgan fingerprint density at radius 2 is 2.11 bits per heavy atom. The van der Waals surface area contributed by atoms with Gasteiger partial charge in [0.1, 0.15) is 11.4 Å². The summed E-state index contributed by atoms with van der Waals surface area (Å²) in [6.07, 6.45) is 0.893.